The first kappa shape index (κ1) is 25.1. The van der Waals surface area contributed by atoms with Crippen LogP contribution in [-0.4, -0.2) is 33.0 Å². The minimum Gasteiger partial charge on any atom is -0.492 e. The molecule has 1 N–H and O–H groups in total. The number of nitrogens with one attached hydrogen (secondary N) is 1. The number of allylic oxidation sites excluding steroid dienone is 1. The highest BCUT2D eigenvalue weighted by atomic mass is 35.5. The molecule has 0 spiro atoms. The van der Waals surface area contributed by atoms with E-state index in [-0.39, 0.29) is 11.7 Å². The number of anilines is 1. The third-order valence-corrected chi connectivity index (χ3v) is 6.51. The molecule has 0 radical (unpaired) electrons. The van der Waals surface area contributed by atoms with Crippen LogP contribution in [0, 0.1) is 13.8 Å². The third-order valence-electron chi connectivity index (χ3n) is 5.01. The molecule has 33 heavy (non-hydrogen) atoms. The standard InChI is InChI=1S/C24H26Cl2N4O2S/c1-4-12-30-22(9-6-13-32-21-11-10-18(25)14-19(21)26)28-29-24(30)33-15-23(31)27-20-8-5-7-16(2)17(20)3/h4-5,7-8,10-11,14H,1,6,9,12-13,15H2,2-3H3,(H,27,31). The first-order valence-corrected chi connectivity index (χ1v) is 12.2. The van der Waals surface area contributed by atoms with Crippen molar-refractivity contribution in [2.45, 2.75) is 38.4 Å². The lowest BCUT2D eigenvalue weighted by molar-refractivity contribution is -0.113. The van der Waals surface area contributed by atoms with Crippen LogP contribution in [0.25, 0.3) is 0 Å². The van der Waals surface area contributed by atoms with E-state index in [4.69, 9.17) is 27.9 Å². The third kappa shape index (κ3) is 7.00. The lowest BCUT2D eigenvalue weighted by atomic mass is 10.1. The predicted molar refractivity (Wildman–Crippen MR) is 136 cm³/mol. The molecule has 1 aromatic heterocycles. The summed E-state index contributed by atoms with van der Waals surface area (Å²) in [6.07, 6.45) is 3.18. The second kappa shape index (κ2) is 12.1. The van der Waals surface area contributed by atoms with Crippen molar-refractivity contribution in [3.05, 3.63) is 76.0 Å². The van der Waals surface area contributed by atoms with Crippen molar-refractivity contribution in [3.63, 3.8) is 0 Å². The molecule has 0 aliphatic heterocycles. The fraction of sp³-hybridized carbons (Fsp3) is 0.292. The summed E-state index contributed by atoms with van der Waals surface area (Å²) in [5.74, 6) is 1.57. The van der Waals surface area contributed by atoms with E-state index in [0.29, 0.717) is 40.5 Å². The summed E-state index contributed by atoms with van der Waals surface area (Å²) >= 11 is 13.4. The molecule has 0 aliphatic rings. The van der Waals surface area contributed by atoms with Gasteiger partial charge in [0.15, 0.2) is 5.16 Å². The van der Waals surface area contributed by atoms with Crippen LogP contribution < -0.4 is 10.1 Å². The number of aryl methyl sites for hydroxylation is 2. The Morgan fingerprint density at radius 2 is 2.06 bits per heavy atom. The van der Waals surface area contributed by atoms with Gasteiger partial charge in [-0.05, 0) is 55.7 Å². The minimum atomic E-state index is -0.0864. The molecule has 3 aromatic rings. The van der Waals surface area contributed by atoms with Crippen LogP contribution in [0.5, 0.6) is 5.75 Å². The SMILES string of the molecule is C=CCn1c(CCCOc2ccc(Cl)cc2Cl)nnc1SCC(=O)Nc1cccc(C)c1C. The van der Waals surface area contributed by atoms with Crippen LogP contribution in [0.2, 0.25) is 10.0 Å². The Morgan fingerprint density at radius 3 is 2.82 bits per heavy atom. The number of nitrogens with zero attached hydrogens (tertiary/aromatic N) is 3. The van der Waals surface area contributed by atoms with E-state index in [1.165, 1.54) is 11.8 Å². The Kier molecular flexibility index (Phi) is 9.23. The topological polar surface area (TPSA) is 69.0 Å². The number of hydrogen-bond donors (Lipinski definition) is 1. The molecule has 0 atom stereocenters. The van der Waals surface area contributed by atoms with Crippen LogP contribution in [0.1, 0.15) is 23.4 Å². The van der Waals surface area contributed by atoms with Crippen LogP contribution in [0.3, 0.4) is 0 Å². The van der Waals surface area contributed by atoms with E-state index in [0.717, 1.165) is 29.1 Å². The molecule has 0 aliphatic carbocycles. The van der Waals surface area contributed by atoms with E-state index in [1.54, 1.807) is 24.3 Å². The van der Waals surface area contributed by atoms with Crippen LogP contribution in [-0.2, 0) is 17.8 Å². The maximum absolute atomic E-state index is 12.5. The van der Waals surface area contributed by atoms with Crippen LogP contribution in [0.15, 0.2) is 54.2 Å². The number of halogens is 2. The number of aromatic nitrogens is 3. The summed E-state index contributed by atoms with van der Waals surface area (Å²) < 4.78 is 7.72. The number of amides is 1. The molecule has 2 aromatic carbocycles. The number of rotatable bonds is 11. The zero-order valence-electron chi connectivity index (χ0n) is 18.6. The van der Waals surface area contributed by atoms with Gasteiger partial charge in [0.2, 0.25) is 5.91 Å². The molecule has 0 saturated heterocycles. The van der Waals surface area contributed by atoms with Gasteiger partial charge in [-0.25, -0.2) is 0 Å². The summed E-state index contributed by atoms with van der Waals surface area (Å²) in [5, 5.41) is 13.3. The predicted octanol–water partition coefficient (Wildman–Crippen LogP) is 6.13. The molecule has 0 saturated carbocycles. The second-order valence-electron chi connectivity index (χ2n) is 7.41. The van der Waals surface area contributed by atoms with Crippen molar-refractivity contribution in [2.24, 2.45) is 0 Å². The average Bonchev–Trinajstić information content (AvgIpc) is 3.16. The van der Waals surface area contributed by atoms with E-state index < -0.39 is 0 Å². The number of hydrogen-bond acceptors (Lipinski definition) is 5. The maximum atomic E-state index is 12.5. The van der Waals surface area contributed by atoms with Crippen LogP contribution >= 0.6 is 35.0 Å². The second-order valence-corrected chi connectivity index (χ2v) is 9.20. The van der Waals surface area contributed by atoms with Gasteiger partial charge < -0.3 is 14.6 Å². The fourth-order valence-corrected chi connectivity index (χ4v) is 4.36. The Hall–Kier alpha value is -2.48. The van der Waals surface area contributed by atoms with Crippen molar-refractivity contribution >= 4 is 46.6 Å². The van der Waals surface area contributed by atoms with Crippen molar-refractivity contribution in [2.75, 3.05) is 17.7 Å². The number of ether oxygens (including phenoxy) is 1. The maximum Gasteiger partial charge on any atom is 0.234 e. The lowest BCUT2D eigenvalue weighted by Crippen LogP contribution is -2.16. The fourth-order valence-electron chi connectivity index (χ4n) is 3.13. The van der Waals surface area contributed by atoms with Gasteiger partial charge in [0, 0.05) is 23.7 Å². The Bertz CT molecular complexity index is 1130. The monoisotopic (exact) mass is 504 g/mol. The van der Waals surface area contributed by atoms with Crippen molar-refractivity contribution in [1.82, 2.24) is 14.8 Å². The zero-order chi connectivity index (χ0) is 23.8. The summed E-state index contributed by atoms with van der Waals surface area (Å²) in [7, 11) is 0. The molecule has 6 nitrogen and oxygen atoms in total. The summed E-state index contributed by atoms with van der Waals surface area (Å²) in [6.45, 7) is 8.88. The smallest absolute Gasteiger partial charge is 0.234 e. The molecule has 0 fully saturated rings. The Balaban J connectivity index is 1.54. The summed E-state index contributed by atoms with van der Waals surface area (Å²) in [5.41, 5.74) is 3.03. The summed E-state index contributed by atoms with van der Waals surface area (Å²) in [4.78, 5) is 12.5. The van der Waals surface area contributed by atoms with E-state index in [2.05, 4.69) is 22.1 Å². The van der Waals surface area contributed by atoms with Crippen molar-refractivity contribution in [3.8, 4) is 5.75 Å². The molecule has 1 amide bonds. The molecule has 0 unspecified atom stereocenters. The highest BCUT2D eigenvalue weighted by Gasteiger charge is 2.14. The molecule has 1 heterocycles. The average molecular weight is 505 g/mol. The van der Waals surface area contributed by atoms with Gasteiger partial charge >= 0.3 is 0 Å². The first-order valence-electron chi connectivity index (χ1n) is 10.5. The molecule has 3 rings (SSSR count). The van der Waals surface area contributed by atoms with Gasteiger partial charge in [0.05, 0.1) is 17.4 Å². The zero-order valence-corrected chi connectivity index (χ0v) is 20.9. The number of benzene rings is 2. The van der Waals surface area contributed by atoms with E-state index in [1.807, 2.05) is 36.6 Å². The Labute approximate surface area is 208 Å². The highest BCUT2D eigenvalue weighted by Crippen LogP contribution is 2.27. The highest BCUT2D eigenvalue weighted by molar-refractivity contribution is 7.99. The van der Waals surface area contributed by atoms with Crippen molar-refractivity contribution in [1.29, 1.82) is 0 Å². The largest absolute Gasteiger partial charge is 0.492 e. The molecule has 0 bridgehead atoms. The first-order chi connectivity index (χ1) is 15.9. The van der Waals surface area contributed by atoms with Gasteiger partial charge in [-0.15, -0.1) is 16.8 Å². The quantitative estimate of drug-likeness (QED) is 0.193. The van der Waals surface area contributed by atoms with Crippen molar-refractivity contribution < 1.29 is 9.53 Å². The molecular weight excluding hydrogens is 479 g/mol. The van der Waals surface area contributed by atoms with Gasteiger partial charge in [0.25, 0.3) is 0 Å². The molecular formula is C24H26Cl2N4O2S. The molecule has 174 valence electrons. The van der Waals surface area contributed by atoms with Gasteiger partial charge in [-0.2, -0.15) is 0 Å². The van der Waals surface area contributed by atoms with Gasteiger partial charge in [-0.3, -0.25) is 4.79 Å². The van der Waals surface area contributed by atoms with Gasteiger partial charge in [0.1, 0.15) is 11.6 Å². The molecule has 9 heteroatoms. The number of thioether (sulfide) groups is 1. The minimum absolute atomic E-state index is 0.0864. The summed E-state index contributed by atoms with van der Waals surface area (Å²) in [6, 6.07) is 11.0. The number of carbonyl (C=O) groups excluding carboxylic acids is 1. The van der Waals surface area contributed by atoms with Gasteiger partial charge in [-0.1, -0.05) is 53.2 Å². The van der Waals surface area contributed by atoms with E-state index >= 15 is 0 Å². The lowest BCUT2D eigenvalue weighted by Gasteiger charge is -2.11. The van der Waals surface area contributed by atoms with E-state index in [9.17, 15) is 4.79 Å². The number of carbonyl (C=O) groups is 1. The van der Waals surface area contributed by atoms with Crippen LogP contribution in [0.4, 0.5) is 5.69 Å². The normalized spacial score (nSPS) is 10.8. The Morgan fingerprint density at radius 1 is 1.24 bits per heavy atom.